The second kappa shape index (κ2) is 2.06. The van der Waals surface area contributed by atoms with Crippen molar-refractivity contribution in [2.75, 3.05) is 0 Å². The van der Waals surface area contributed by atoms with Crippen molar-refractivity contribution in [1.29, 1.82) is 0 Å². The summed E-state index contributed by atoms with van der Waals surface area (Å²) in [6, 6.07) is 0.491. The summed E-state index contributed by atoms with van der Waals surface area (Å²) in [4.78, 5) is 0. The Morgan fingerprint density at radius 3 is 2.38 bits per heavy atom. The molecule has 1 rings (SSSR count). The van der Waals surface area contributed by atoms with E-state index in [0.29, 0.717) is 6.04 Å². The van der Waals surface area contributed by atoms with Gasteiger partial charge in [0.05, 0.1) is 0 Å². The molecular weight excluding hydrogens is 98.1 g/mol. The summed E-state index contributed by atoms with van der Waals surface area (Å²) in [7, 11) is 0. The molecule has 0 aromatic rings. The van der Waals surface area contributed by atoms with E-state index in [1.807, 2.05) is 0 Å². The molecule has 1 heteroatoms. The molecule has 48 valence electrons. The first-order valence-electron chi connectivity index (χ1n) is 3.51. The zero-order valence-electron chi connectivity index (χ0n) is 5.72. The fourth-order valence-corrected chi connectivity index (χ4v) is 1.25. The molecule has 1 saturated carbocycles. The molecule has 0 saturated heterocycles. The second-order valence-electron chi connectivity index (χ2n) is 2.95. The van der Waals surface area contributed by atoms with E-state index in [4.69, 9.17) is 5.73 Å². The van der Waals surface area contributed by atoms with E-state index in [1.165, 1.54) is 6.42 Å². The zero-order chi connectivity index (χ0) is 6.15. The van der Waals surface area contributed by atoms with Crippen molar-refractivity contribution in [3.63, 3.8) is 0 Å². The Labute approximate surface area is 51.3 Å². The van der Waals surface area contributed by atoms with E-state index in [0.717, 1.165) is 18.3 Å². The van der Waals surface area contributed by atoms with Crippen molar-refractivity contribution < 1.29 is 0 Å². The van der Waals surface area contributed by atoms with Crippen molar-refractivity contribution in [3.05, 3.63) is 0 Å². The highest BCUT2D eigenvalue weighted by molar-refractivity contribution is 4.89. The molecule has 0 radical (unpaired) electrons. The van der Waals surface area contributed by atoms with Gasteiger partial charge in [0.25, 0.3) is 0 Å². The predicted molar refractivity (Wildman–Crippen MR) is 35.5 cm³/mol. The molecule has 0 unspecified atom stereocenters. The molecule has 0 bridgehead atoms. The Balaban J connectivity index is 2.18. The Hall–Kier alpha value is -0.0400. The fraction of sp³-hybridized carbons (Fsp3) is 1.00. The smallest absolute Gasteiger partial charge is 0.00671 e. The third-order valence-electron chi connectivity index (χ3n) is 2.19. The van der Waals surface area contributed by atoms with Gasteiger partial charge in [-0.3, -0.25) is 0 Å². The van der Waals surface area contributed by atoms with E-state index in [9.17, 15) is 0 Å². The van der Waals surface area contributed by atoms with Crippen LogP contribution in [-0.2, 0) is 0 Å². The maximum absolute atomic E-state index is 5.77. The van der Waals surface area contributed by atoms with Crippen molar-refractivity contribution in [2.24, 2.45) is 17.6 Å². The molecule has 3 atom stereocenters. The highest BCUT2D eigenvalue weighted by Crippen LogP contribution is 2.40. The van der Waals surface area contributed by atoms with Crippen molar-refractivity contribution >= 4 is 0 Å². The lowest BCUT2D eigenvalue weighted by Crippen LogP contribution is -2.21. The quantitative estimate of drug-likeness (QED) is 0.575. The average molecular weight is 113 g/mol. The van der Waals surface area contributed by atoms with Gasteiger partial charge in [-0.25, -0.2) is 0 Å². The predicted octanol–water partition coefficient (Wildman–Crippen LogP) is 1.38. The number of hydrogen-bond donors (Lipinski definition) is 1. The van der Waals surface area contributed by atoms with Crippen LogP contribution in [0.1, 0.15) is 26.7 Å². The van der Waals surface area contributed by atoms with Gasteiger partial charge in [0.15, 0.2) is 0 Å². The van der Waals surface area contributed by atoms with Crippen LogP contribution in [0.25, 0.3) is 0 Å². The van der Waals surface area contributed by atoms with Crippen LogP contribution in [-0.4, -0.2) is 6.04 Å². The molecule has 1 aliphatic carbocycles. The van der Waals surface area contributed by atoms with Crippen LogP contribution in [0.2, 0.25) is 0 Å². The molecule has 0 aromatic heterocycles. The van der Waals surface area contributed by atoms with Gasteiger partial charge >= 0.3 is 0 Å². The summed E-state index contributed by atoms with van der Waals surface area (Å²) in [6.07, 6.45) is 2.52. The molecule has 0 aromatic carbocycles. The lowest BCUT2D eigenvalue weighted by molar-refractivity contribution is 0.547. The van der Waals surface area contributed by atoms with Crippen LogP contribution in [0.3, 0.4) is 0 Å². The van der Waals surface area contributed by atoms with Gasteiger partial charge in [-0.15, -0.1) is 0 Å². The molecule has 1 aliphatic rings. The van der Waals surface area contributed by atoms with Gasteiger partial charge < -0.3 is 5.73 Å². The standard InChI is InChI=1S/C7H15N/c1-3-7(8)6-4-5(6)2/h5-7H,3-4,8H2,1-2H3/t5-,6-,7-/m0/s1. The monoisotopic (exact) mass is 113 g/mol. The molecule has 0 spiro atoms. The van der Waals surface area contributed by atoms with E-state index < -0.39 is 0 Å². The van der Waals surface area contributed by atoms with E-state index in [1.54, 1.807) is 0 Å². The van der Waals surface area contributed by atoms with E-state index in [-0.39, 0.29) is 0 Å². The van der Waals surface area contributed by atoms with Gasteiger partial charge in [-0.05, 0) is 24.7 Å². The van der Waals surface area contributed by atoms with E-state index >= 15 is 0 Å². The third-order valence-corrected chi connectivity index (χ3v) is 2.19. The summed E-state index contributed by atoms with van der Waals surface area (Å²) in [5, 5.41) is 0. The molecular formula is C7H15N. The number of nitrogens with two attached hydrogens (primary N) is 1. The Kier molecular flexibility index (Phi) is 1.57. The van der Waals surface area contributed by atoms with Gasteiger partial charge in [0.1, 0.15) is 0 Å². The molecule has 0 amide bonds. The molecule has 0 heterocycles. The first-order chi connectivity index (χ1) is 3.75. The van der Waals surface area contributed by atoms with Gasteiger partial charge in [0, 0.05) is 6.04 Å². The van der Waals surface area contributed by atoms with Crippen molar-refractivity contribution in [3.8, 4) is 0 Å². The first kappa shape index (κ1) is 6.09. The minimum absolute atomic E-state index is 0.491. The van der Waals surface area contributed by atoms with Crippen LogP contribution in [0, 0.1) is 11.8 Å². The Bertz CT molecular complexity index is 78.5. The van der Waals surface area contributed by atoms with Crippen molar-refractivity contribution in [1.82, 2.24) is 0 Å². The number of rotatable bonds is 2. The summed E-state index contributed by atoms with van der Waals surface area (Å²) in [5.41, 5.74) is 5.77. The highest BCUT2D eigenvalue weighted by atomic mass is 14.7. The Morgan fingerprint density at radius 1 is 1.75 bits per heavy atom. The largest absolute Gasteiger partial charge is 0.327 e. The third kappa shape index (κ3) is 1.03. The van der Waals surface area contributed by atoms with Crippen LogP contribution in [0.4, 0.5) is 0 Å². The van der Waals surface area contributed by atoms with Crippen LogP contribution in [0.15, 0.2) is 0 Å². The lowest BCUT2D eigenvalue weighted by Gasteiger charge is -2.04. The fourth-order valence-electron chi connectivity index (χ4n) is 1.25. The lowest BCUT2D eigenvalue weighted by atomic mass is 10.1. The topological polar surface area (TPSA) is 26.0 Å². The van der Waals surface area contributed by atoms with Crippen molar-refractivity contribution in [2.45, 2.75) is 32.7 Å². The first-order valence-corrected chi connectivity index (χ1v) is 3.51. The number of hydrogen-bond acceptors (Lipinski definition) is 1. The molecule has 1 nitrogen and oxygen atoms in total. The average Bonchev–Trinajstić information content (AvgIpc) is 2.45. The summed E-state index contributed by atoms with van der Waals surface area (Å²) in [5.74, 6) is 1.78. The van der Waals surface area contributed by atoms with E-state index in [2.05, 4.69) is 13.8 Å². The highest BCUT2D eigenvalue weighted by Gasteiger charge is 2.36. The summed E-state index contributed by atoms with van der Waals surface area (Å²) in [6.45, 7) is 4.44. The Morgan fingerprint density at radius 2 is 2.25 bits per heavy atom. The molecule has 1 fully saturated rings. The van der Waals surface area contributed by atoms with Gasteiger partial charge in [0.2, 0.25) is 0 Å². The van der Waals surface area contributed by atoms with Crippen LogP contribution < -0.4 is 5.73 Å². The van der Waals surface area contributed by atoms with Crippen LogP contribution >= 0.6 is 0 Å². The van der Waals surface area contributed by atoms with Gasteiger partial charge in [-0.1, -0.05) is 13.8 Å². The van der Waals surface area contributed by atoms with Crippen LogP contribution in [0.5, 0.6) is 0 Å². The summed E-state index contributed by atoms with van der Waals surface area (Å²) < 4.78 is 0. The zero-order valence-corrected chi connectivity index (χ0v) is 5.72. The maximum Gasteiger partial charge on any atom is 0.00671 e. The SMILES string of the molecule is CC[C@H](N)[C@H]1C[C@@H]1C. The summed E-state index contributed by atoms with van der Waals surface area (Å²) >= 11 is 0. The molecule has 0 aliphatic heterocycles. The van der Waals surface area contributed by atoms with Gasteiger partial charge in [-0.2, -0.15) is 0 Å². The minimum Gasteiger partial charge on any atom is -0.327 e. The normalized spacial score (nSPS) is 39.4. The molecule has 8 heavy (non-hydrogen) atoms. The maximum atomic E-state index is 5.77. The molecule has 2 N–H and O–H groups in total. The second-order valence-corrected chi connectivity index (χ2v) is 2.95. The minimum atomic E-state index is 0.491.